The Bertz CT molecular complexity index is 6830. The van der Waals surface area contributed by atoms with Crippen LogP contribution in [0.15, 0.2) is 304 Å². The highest BCUT2D eigenvalue weighted by Crippen LogP contribution is 2.48. The molecule has 3 N–H and O–H groups in total. The second kappa shape index (κ2) is 30.1. The average molecular weight is 1520 g/mol. The van der Waals surface area contributed by atoms with Gasteiger partial charge in [0, 0.05) is 131 Å². The Morgan fingerprint density at radius 3 is 0.957 bits per heavy atom. The molecule has 0 atom stereocenters. The Hall–Kier alpha value is -14.7. The number of aryl methyl sites for hydroxylation is 3. The van der Waals surface area contributed by atoms with Gasteiger partial charge in [-0.1, -0.05) is 166 Å². The molecule has 17 heteroatoms. The molecule has 18 aromatic rings. The van der Waals surface area contributed by atoms with Gasteiger partial charge in [-0.2, -0.15) is 15.3 Å². The van der Waals surface area contributed by atoms with E-state index in [0.29, 0.717) is 67.7 Å². The summed E-state index contributed by atoms with van der Waals surface area (Å²) in [6.45, 7) is 10.2. The van der Waals surface area contributed by atoms with E-state index in [-0.39, 0.29) is 17.7 Å². The van der Waals surface area contributed by atoms with Crippen LogP contribution in [0.25, 0.3) is 97.7 Å². The van der Waals surface area contributed by atoms with Crippen molar-refractivity contribution >= 4 is 184 Å². The molecule has 15 aromatic carbocycles. The van der Waals surface area contributed by atoms with E-state index in [1.165, 1.54) is 0 Å². The number of azo groups is 3. The van der Waals surface area contributed by atoms with E-state index in [4.69, 9.17) is 35.4 Å². The molecule has 0 fully saturated rings. The lowest BCUT2D eigenvalue weighted by atomic mass is 9.96. The number of rotatable bonds is 19. The molecule has 0 bridgehead atoms. The molecule has 0 aliphatic heterocycles. The van der Waals surface area contributed by atoms with Crippen LogP contribution >= 0.6 is 0 Å². The van der Waals surface area contributed by atoms with E-state index in [1.807, 2.05) is 222 Å². The number of carbonyl (C=O) groups is 3. The van der Waals surface area contributed by atoms with Crippen molar-refractivity contribution < 1.29 is 19.1 Å². The van der Waals surface area contributed by atoms with Crippen LogP contribution in [0, 0.1) is 13.8 Å². The highest BCUT2D eigenvalue weighted by Gasteiger charge is 2.29. The summed E-state index contributed by atoms with van der Waals surface area (Å²) in [6, 6.07) is 90.6. The smallest absolute Gasteiger partial charge is 0.261 e. The van der Waals surface area contributed by atoms with Crippen LogP contribution in [-0.2, 0) is 19.3 Å². The van der Waals surface area contributed by atoms with Gasteiger partial charge in [0.05, 0.1) is 57.7 Å². The molecule has 3 aromatic heterocycles. The molecule has 18 rings (SSSR count). The summed E-state index contributed by atoms with van der Waals surface area (Å²) in [5.41, 5.74) is 19.7. The maximum Gasteiger partial charge on any atom is 0.261 e. The predicted octanol–water partition coefficient (Wildman–Crippen LogP) is 26.9. The topological polar surface area (TPSA) is 195 Å². The van der Waals surface area contributed by atoms with Gasteiger partial charge in [-0.25, -0.2) is 0 Å². The first kappa shape index (κ1) is 72.8. The van der Waals surface area contributed by atoms with E-state index in [1.54, 1.807) is 28.9 Å². The molecule has 0 radical (unpaired) electrons. The molecule has 0 unspecified atom stereocenters. The highest BCUT2D eigenvalue weighted by molar-refractivity contribution is 6.26. The minimum Gasteiger partial charge on any atom is -0.494 e. The fourth-order valence-electron chi connectivity index (χ4n) is 16.8. The largest absolute Gasteiger partial charge is 0.494 e. The number of fused-ring (bicyclic) bond motifs is 15. The molecule has 0 saturated carbocycles. The zero-order valence-corrected chi connectivity index (χ0v) is 65.7. The number of hydrogen-bond acceptors (Lipinski definition) is 11. The lowest BCUT2D eigenvalue weighted by Gasteiger charge is -2.25. The van der Waals surface area contributed by atoms with Crippen molar-refractivity contribution in [2.75, 3.05) is 47.9 Å². The number of carbonyl (C=O) groups excluding carboxylic acids is 3. The lowest BCUT2D eigenvalue weighted by molar-refractivity contribution is 0.0983. The first-order chi connectivity index (χ1) is 56.7. The number of amides is 3. The molecule has 0 aliphatic carbocycles. The number of aromatic amines is 3. The Balaban J connectivity index is 0.743. The molecule has 0 spiro atoms. The number of ether oxygens (including phenoxy) is 1. The second-order valence-electron chi connectivity index (χ2n) is 29.4. The van der Waals surface area contributed by atoms with E-state index in [2.05, 4.69) is 119 Å². The highest BCUT2D eigenvalue weighted by atomic mass is 16.5. The van der Waals surface area contributed by atoms with Crippen molar-refractivity contribution in [3.05, 3.63) is 317 Å². The van der Waals surface area contributed by atoms with Crippen molar-refractivity contribution in [3.63, 3.8) is 0 Å². The van der Waals surface area contributed by atoms with Gasteiger partial charge >= 0.3 is 0 Å². The molecule has 566 valence electrons. The molecular formula is C99H81N13O4. The first-order valence-corrected chi connectivity index (χ1v) is 39.1. The Morgan fingerprint density at radius 1 is 0.328 bits per heavy atom. The molecular weight excluding hydrogens is 1440 g/mol. The summed E-state index contributed by atoms with van der Waals surface area (Å²) >= 11 is 0. The summed E-state index contributed by atoms with van der Waals surface area (Å²) in [5.74, 6) is -0.273. The van der Waals surface area contributed by atoms with Crippen LogP contribution in [0.2, 0.25) is 0 Å². The van der Waals surface area contributed by atoms with Crippen LogP contribution in [0.3, 0.4) is 0 Å². The van der Waals surface area contributed by atoms with Crippen molar-refractivity contribution in [2.24, 2.45) is 30.7 Å². The number of nitrogens with zero attached hydrogens (tertiary/aromatic N) is 10. The lowest BCUT2D eigenvalue weighted by Crippen LogP contribution is -2.27. The van der Waals surface area contributed by atoms with Crippen LogP contribution in [0.1, 0.15) is 79.7 Å². The number of anilines is 6. The minimum absolute atomic E-state index is 0.153. The first-order valence-electron chi connectivity index (χ1n) is 39.1. The molecule has 116 heavy (non-hydrogen) atoms. The fraction of sp³-hybridized carbons (Fsp3) is 0.121. The number of aromatic nitrogens is 3. The van der Waals surface area contributed by atoms with Gasteiger partial charge in [-0.3, -0.25) is 14.4 Å². The zero-order chi connectivity index (χ0) is 79.6. The van der Waals surface area contributed by atoms with Gasteiger partial charge in [0.2, 0.25) is 0 Å². The molecule has 17 nitrogen and oxygen atoms in total. The van der Waals surface area contributed by atoms with Gasteiger partial charge in [0.15, 0.2) is 5.75 Å². The van der Waals surface area contributed by atoms with Gasteiger partial charge in [0.25, 0.3) is 17.7 Å². The Labute approximate surface area is 669 Å². The third kappa shape index (κ3) is 12.7. The summed E-state index contributed by atoms with van der Waals surface area (Å²) in [7, 11) is 7.02. The second-order valence-corrected chi connectivity index (χ2v) is 29.4. The van der Waals surface area contributed by atoms with E-state index in [9.17, 15) is 14.4 Å². The van der Waals surface area contributed by atoms with E-state index in [0.717, 1.165) is 168 Å². The van der Waals surface area contributed by atoms with E-state index >= 15 is 0 Å². The molecule has 3 amide bonds. The maximum atomic E-state index is 15.0. The summed E-state index contributed by atoms with van der Waals surface area (Å²) in [5, 5.41) is 41.6. The molecule has 3 heterocycles. The third-order valence-corrected chi connectivity index (χ3v) is 22.9. The number of benzene rings is 15. The van der Waals surface area contributed by atoms with Gasteiger partial charge in [0.1, 0.15) is 5.69 Å². The van der Waals surface area contributed by atoms with Crippen LogP contribution in [0.5, 0.6) is 5.75 Å². The summed E-state index contributed by atoms with van der Waals surface area (Å²) < 4.78 is 6.30. The Kier molecular flexibility index (Phi) is 18.9. The van der Waals surface area contributed by atoms with Crippen molar-refractivity contribution in [3.8, 4) is 5.75 Å². The van der Waals surface area contributed by atoms with Crippen molar-refractivity contribution in [1.82, 2.24) is 15.0 Å². The normalized spacial score (nSPS) is 11.9. The van der Waals surface area contributed by atoms with Crippen LogP contribution < -0.4 is 24.3 Å². The van der Waals surface area contributed by atoms with E-state index < -0.39 is 0 Å². The number of H-pyrrole nitrogens is 3. The number of methoxy groups -OCH3 is 1. The number of para-hydroxylation sites is 6. The zero-order valence-electron chi connectivity index (χ0n) is 65.7. The molecule has 0 saturated heterocycles. The maximum absolute atomic E-state index is 15.0. The number of nitrogens with one attached hydrogen (secondary N) is 3. The average Bonchev–Trinajstić information content (AvgIpc) is 1.52. The quantitative estimate of drug-likeness (QED) is 0.0677. The molecule has 0 aliphatic rings. The van der Waals surface area contributed by atoms with Crippen LogP contribution in [0.4, 0.5) is 68.2 Å². The standard InChI is InChI=1S/C99H81N13O4/c1-10-60-25-13-22-34-84(60)109(6)97(113)78-55-63-37-52-75-72-28-16-19-31-81(72)100-92(75)87(63)90(58(78)4)106-103-66-40-46-69(47-41-66)112(70-48-42-67(43-49-70)104-107-91-59(5)79(98(114)110(7)85-35-23-14-26-61(85)11-2)56-64-38-53-76-73-29-17-20-32-82(73)101-93(76)88(64)91)71-50-44-68(45-51-71)105-108-95-89-65(39-54-77-74-30-18-21-33-83(74)102-94(77)89)57-80(96(95)116-9)99(115)111(8)86-36-24-15-27-62(86)12-3/h13-57,100-102H,10-12H2,1-9H3. The van der Waals surface area contributed by atoms with Crippen molar-refractivity contribution in [1.29, 1.82) is 0 Å². The van der Waals surface area contributed by atoms with Gasteiger partial charge in [-0.15, -0.1) is 15.3 Å². The predicted molar refractivity (Wildman–Crippen MR) is 475 cm³/mol. The monoisotopic (exact) mass is 1520 g/mol. The SMILES string of the molecule is CCc1ccccc1N(C)C(=O)c1cc2ccc3c4ccccc4[nH]c3c2c(N=Nc2ccc(N(c3ccc(N=Nc4c(C)c(C(=O)N(C)c5ccccc5CC)cc5ccc6c7ccccc7[nH]c6c45)cc3)c3ccc(N=Nc4c(OC)c(C(=O)N(C)c5ccccc5CC)cc5ccc6c7ccccc7[nH]c6c45)cc3)cc2)c1C. The van der Waals surface area contributed by atoms with Crippen LogP contribution in [-0.4, -0.2) is 60.9 Å². The number of hydrogen-bond donors (Lipinski definition) is 3. The summed E-state index contributed by atoms with van der Waals surface area (Å²) in [6.07, 6.45) is 2.27. The van der Waals surface area contributed by atoms with Gasteiger partial charge in [-0.05, 0) is 204 Å². The third-order valence-electron chi connectivity index (χ3n) is 22.9. The Morgan fingerprint density at radius 2 is 0.621 bits per heavy atom. The minimum atomic E-state index is -0.256. The van der Waals surface area contributed by atoms with Gasteiger partial charge < -0.3 is 39.3 Å². The fourth-order valence-corrected chi connectivity index (χ4v) is 16.8. The summed E-state index contributed by atoms with van der Waals surface area (Å²) in [4.78, 5) is 63.2. The van der Waals surface area contributed by atoms with Crippen molar-refractivity contribution in [2.45, 2.75) is 53.9 Å².